The molecule has 0 bridgehead atoms. The van der Waals surface area contributed by atoms with Gasteiger partial charge in [0.25, 0.3) is 0 Å². The van der Waals surface area contributed by atoms with Crippen molar-refractivity contribution in [1.82, 2.24) is 0 Å². The topological polar surface area (TPSA) is 18.5 Å². The van der Waals surface area contributed by atoms with Crippen molar-refractivity contribution in [2.24, 2.45) is 0 Å². The first-order valence-electron chi connectivity index (χ1n) is 8.22. The van der Waals surface area contributed by atoms with Gasteiger partial charge in [-0.3, -0.25) is 0 Å². The zero-order valence-electron chi connectivity index (χ0n) is 13.5. The third-order valence-corrected chi connectivity index (χ3v) is 4.87. The van der Waals surface area contributed by atoms with Gasteiger partial charge in [-0.2, -0.15) is 0 Å². The first-order chi connectivity index (χ1) is 10.7. The van der Waals surface area contributed by atoms with E-state index in [1.807, 2.05) is 0 Å². The van der Waals surface area contributed by atoms with Gasteiger partial charge in [-0.15, -0.1) is 0 Å². The van der Waals surface area contributed by atoms with Crippen LogP contribution in [0.15, 0.2) is 48.5 Å². The van der Waals surface area contributed by atoms with Gasteiger partial charge in [-0.05, 0) is 39.0 Å². The van der Waals surface area contributed by atoms with E-state index in [-0.39, 0.29) is 0 Å². The molecule has 3 heteroatoms. The fraction of sp³-hybridized carbons (Fsp3) is 0.368. The first-order valence-corrected chi connectivity index (χ1v) is 8.22. The molecule has 0 radical (unpaired) electrons. The molecule has 0 amide bonds. The molecule has 0 saturated carbocycles. The van der Waals surface area contributed by atoms with E-state index in [4.69, 9.17) is 0 Å². The maximum absolute atomic E-state index is 3.78. The van der Waals surface area contributed by atoms with Gasteiger partial charge >= 0.3 is 0 Å². The standard InChI is InChI=1S/C19H23N3/c1-4-21-17-12-8-6-10-15(17)20-18-14-9-5-7-11-16(14)22(13(2)3)19(18)21/h5-13,18-20H,4H2,1-3H3. The normalized spacial score (nSPS) is 22.2. The third kappa shape index (κ3) is 1.75. The molecule has 0 aromatic heterocycles. The van der Waals surface area contributed by atoms with E-state index in [0.29, 0.717) is 18.2 Å². The van der Waals surface area contributed by atoms with Crippen LogP contribution < -0.4 is 15.1 Å². The Bertz CT molecular complexity index is 695. The number of fused-ring (bicyclic) bond motifs is 4. The molecule has 2 aliphatic heterocycles. The van der Waals surface area contributed by atoms with Crippen LogP contribution >= 0.6 is 0 Å². The maximum atomic E-state index is 3.78. The highest BCUT2D eigenvalue weighted by Crippen LogP contribution is 2.49. The van der Waals surface area contributed by atoms with Crippen LogP contribution in [0.5, 0.6) is 0 Å². The zero-order chi connectivity index (χ0) is 15.3. The highest BCUT2D eigenvalue weighted by molar-refractivity contribution is 5.78. The van der Waals surface area contributed by atoms with Gasteiger partial charge in [0.05, 0.1) is 17.4 Å². The zero-order valence-corrected chi connectivity index (χ0v) is 13.5. The van der Waals surface area contributed by atoms with Crippen molar-refractivity contribution in [3.63, 3.8) is 0 Å². The molecule has 22 heavy (non-hydrogen) atoms. The van der Waals surface area contributed by atoms with Crippen LogP contribution in [0.1, 0.15) is 32.4 Å². The number of para-hydroxylation sites is 3. The smallest absolute Gasteiger partial charge is 0.127 e. The van der Waals surface area contributed by atoms with Gasteiger partial charge in [0.15, 0.2) is 0 Å². The van der Waals surface area contributed by atoms with Crippen LogP contribution in [0, 0.1) is 0 Å². The molecule has 0 fully saturated rings. The molecule has 4 rings (SSSR count). The lowest BCUT2D eigenvalue weighted by atomic mass is 10.0. The molecule has 1 N–H and O–H groups in total. The second-order valence-corrected chi connectivity index (χ2v) is 6.40. The van der Waals surface area contributed by atoms with Crippen molar-refractivity contribution in [3.05, 3.63) is 54.1 Å². The summed E-state index contributed by atoms with van der Waals surface area (Å²) in [6, 6.07) is 18.3. The second kappa shape index (κ2) is 4.94. The summed E-state index contributed by atoms with van der Waals surface area (Å²) in [7, 11) is 0. The molecule has 2 heterocycles. The van der Waals surface area contributed by atoms with Crippen LogP contribution in [0.3, 0.4) is 0 Å². The lowest BCUT2D eigenvalue weighted by Crippen LogP contribution is -2.54. The van der Waals surface area contributed by atoms with E-state index in [1.54, 1.807) is 0 Å². The summed E-state index contributed by atoms with van der Waals surface area (Å²) >= 11 is 0. The number of nitrogens with one attached hydrogen (secondary N) is 1. The Labute approximate surface area is 132 Å². The van der Waals surface area contributed by atoms with E-state index >= 15 is 0 Å². The fourth-order valence-electron chi connectivity index (χ4n) is 4.03. The molecule has 0 spiro atoms. The molecule has 2 aromatic carbocycles. The average Bonchev–Trinajstić information content (AvgIpc) is 2.87. The predicted octanol–water partition coefficient (Wildman–Crippen LogP) is 4.23. The Morgan fingerprint density at radius 2 is 1.68 bits per heavy atom. The van der Waals surface area contributed by atoms with Crippen LogP contribution in [-0.2, 0) is 0 Å². The molecule has 2 aliphatic rings. The van der Waals surface area contributed by atoms with Crippen molar-refractivity contribution in [3.8, 4) is 0 Å². The Morgan fingerprint density at radius 1 is 1.00 bits per heavy atom. The van der Waals surface area contributed by atoms with Gasteiger partial charge in [-0.25, -0.2) is 0 Å². The summed E-state index contributed by atoms with van der Waals surface area (Å²) in [4.78, 5) is 5.10. The first kappa shape index (κ1) is 13.5. The Balaban J connectivity index is 1.89. The molecule has 3 nitrogen and oxygen atoms in total. The van der Waals surface area contributed by atoms with Gasteiger partial charge in [0.1, 0.15) is 6.17 Å². The third-order valence-electron chi connectivity index (χ3n) is 4.87. The molecule has 0 aliphatic carbocycles. The summed E-state index contributed by atoms with van der Waals surface area (Å²) in [5.41, 5.74) is 5.33. The van der Waals surface area contributed by atoms with Crippen LogP contribution in [0.4, 0.5) is 17.1 Å². The van der Waals surface area contributed by atoms with Crippen molar-refractivity contribution in [2.75, 3.05) is 21.7 Å². The molecular formula is C19H23N3. The van der Waals surface area contributed by atoms with E-state index in [1.165, 1.54) is 22.6 Å². The molecule has 0 saturated heterocycles. The Hall–Kier alpha value is -2.16. The SMILES string of the molecule is CCN1c2ccccc2NC2c3ccccc3N(C(C)C)C21. The number of nitrogens with zero attached hydrogens (tertiary/aromatic N) is 2. The van der Waals surface area contributed by atoms with Crippen molar-refractivity contribution < 1.29 is 0 Å². The highest BCUT2D eigenvalue weighted by Gasteiger charge is 2.45. The van der Waals surface area contributed by atoms with Gasteiger partial charge in [0.2, 0.25) is 0 Å². The van der Waals surface area contributed by atoms with Crippen molar-refractivity contribution in [2.45, 2.75) is 39.0 Å². The fourth-order valence-corrected chi connectivity index (χ4v) is 4.03. The van der Waals surface area contributed by atoms with Crippen molar-refractivity contribution in [1.29, 1.82) is 0 Å². The minimum absolute atomic E-state index is 0.327. The summed E-state index contributed by atoms with van der Waals surface area (Å²) in [5.74, 6) is 0. The highest BCUT2D eigenvalue weighted by atomic mass is 15.4. The summed E-state index contributed by atoms with van der Waals surface area (Å²) in [6.45, 7) is 7.83. The number of hydrogen-bond donors (Lipinski definition) is 1. The van der Waals surface area contributed by atoms with Crippen LogP contribution in [0.25, 0.3) is 0 Å². The predicted molar refractivity (Wildman–Crippen MR) is 93.7 cm³/mol. The number of anilines is 3. The van der Waals surface area contributed by atoms with Crippen LogP contribution in [-0.4, -0.2) is 18.8 Å². The van der Waals surface area contributed by atoms with Gasteiger partial charge in [-0.1, -0.05) is 30.3 Å². The maximum Gasteiger partial charge on any atom is 0.127 e. The number of hydrogen-bond acceptors (Lipinski definition) is 3. The van der Waals surface area contributed by atoms with E-state index < -0.39 is 0 Å². The summed E-state index contributed by atoms with van der Waals surface area (Å²) in [5, 5.41) is 3.78. The largest absolute Gasteiger partial charge is 0.373 e. The molecule has 114 valence electrons. The van der Waals surface area contributed by atoms with Gasteiger partial charge in [0, 0.05) is 23.8 Å². The van der Waals surface area contributed by atoms with Crippen molar-refractivity contribution >= 4 is 17.1 Å². The molecular weight excluding hydrogens is 270 g/mol. The number of benzene rings is 2. The molecule has 2 aromatic rings. The second-order valence-electron chi connectivity index (χ2n) is 6.40. The van der Waals surface area contributed by atoms with E-state index in [2.05, 4.69) is 84.4 Å². The minimum atomic E-state index is 0.327. The average molecular weight is 293 g/mol. The minimum Gasteiger partial charge on any atom is -0.373 e. The molecule has 2 unspecified atom stereocenters. The van der Waals surface area contributed by atoms with E-state index in [9.17, 15) is 0 Å². The number of rotatable bonds is 2. The van der Waals surface area contributed by atoms with Crippen LogP contribution in [0.2, 0.25) is 0 Å². The summed E-state index contributed by atoms with van der Waals surface area (Å²) in [6.07, 6.45) is 0.345. The Morgan fingerprint density at radius 3 is 2.41 bits per heavy atom. The monoisotopic (exact) mass is 293 g/mol. The number of likely N-dealkylation sites (N-methyl/N-ethyl adjacent to an activating group) is 1. The lowest BCUT2D eigenvalue weighted by molar-refractivity contribution is 0.489. The van der Waals surface area contributed by atoms with Gasteiger partial charge < -0.3 is 15.1 Å². The summed E-state index contributed by atoms with van der Waals surface area (Å²) < 4.78 is 0. The van der Waals surface area contributed by atoms with E-state index in [0.717, 1.165) is 6.54 Å². The Kier molecular flexibility index (Phi) is 3.03. The molecule has 2 atom stereocenters. The lowest BCUT2D eigenvalue weighted by Gasteiger charge is -2.46. The quantitative estimate of drug-likeness (QED) is 0.893.